The van der Waals surface area contributed by atoms with Crippen LogP contribution in [0.5, 0.6) is 0 Å². The summed E-state index contributed by atoms with van der Waals surface area (Å²) in [5.74, 6) is 0.692. The van der Waals surface area contributed by atoms with Crippen molar-refractivity contribution in [2.75, 3.05) is 6.54 Å². The fourth-order valence-electron chi connectivity index (χ4n) is 2.69. The molecule has 25 heavy (non-hydrogen) atoms. The highest BCUT2D eigenvalue weighted by Crippen LogP contribution is 2.24. The van der Waals surface area contributed by atoms with Crippen LogP contribution in [0.3, 0.4) is 0 Å². The van der Waals surface area contributed by atoms with Crippen molar-refractivity contribution in [1.29, 1.82) is 0 Å². The summed E-state index contributed by atoms with van der Waals surface area (Å²) >= 11 is 7.49. The van der Waals surface area contributed by atoms with Gasteiger partial charge in [0.15, 0.2) is 5.82 Å². The monoisotopic (exact) mass is 374 g/mol. The van der Waals surface area contributed by atoms with Crippen LogP contribution in [0.25, 0.3) is 5.82 Å². The molecule has 0 aliphatic heterocycles. The van der Waals surface area contributed by atoms with E-state index < -0.39 is 0 Å². The van der Waals surface area contributed by atoms with E-state index >= 15 is 0 Å². The van der Waals surface area contributed by atoms with Crippen LogP contribution in [0, 0.1) is 0 Å². The molecular formula is C18H19ClN4OS. The van der Waals surface area contributed by atoms with E-state index in [1.165, 1.54) is 11.3 Å². The fraction of sp³-hybridized carbons (Fsp3) is 0.278. The van der Waals surface area contributed by atoms with Crippen LogP contribution in [0.4, 0.5) is 0 Å². The van der Waals surface area contributed by atoms with Crippen molar-refractivity contribution < 1.29 is 4.79 Å². The van der Waals surface area contributed by atoms with E-state index in [-0.39, 0.29) is 5.91 Å². The van der Waals surface area contributed by atoms with Crippen LogP contribution in [0.15, 0.2) is 42.7 Å². The minimum Gasteiger partial charge on any atom is -0.334 e. The van der Waals surface area contributed by atoms with Crippen molar-refractivity contribution in [3.8, 4) is 5.82 Å². The Morgan fingerprint density at radius 1 is 1.28 bits per heavy atom. The smallest absolute Gasteiger partial charge is 0.257 e. The van der Waals surface area contributed by atoms with Gasteiger partial charge >= 0.3 is 0 Å². The van der Waals surface area contributed by atoms with Crippen LogP contribution in [-0.4, -0.2) is 32.1 Å². The highest BCUT2D eigenvalue weighted by molar-refractivity contribution is 7.16. The average molecular weight is 375 g/mol. The van der Waals surface area contributed by atoms with Crippen molar-refractivity contribution in [1.82, 2.24) is 19.7 Å². The highest BCUT2D eigenvalue weighted by atomic mass is 35.5. The van der Waals surface area contributed by atoms with Crippen LogP contribution in [0.2, 0.25) is 4.34 Å². The summed E-state index contributed by atoms with van der Waals surface area (Å²) in [6.45, 7) is 5.15. The molecule has 0 aromatic carbocycles. The number of thiophene rings is 1. The average Bonchev–Trinajstić information content (AvgIpc) is 3.25. The molecule has 7 heteroatoms. The molecule has 0 N–H and O–H groups in total. The minimum absolute atomic E-state index is 0.0222. The molecule has 0 radical (unpaired) electrons. The molecule has 0 fully saturated rings. The number of rotatable bonds is 6. The van der Waals surface area contributed by atoms with Gasteiger partial charge in [-0.2, -0.15) is 5.10 Å². The summed E-state index contributed by atoms with van der Waals surface area (Å²) in [6, 6.07) is 9.46. The zero-order chi connectivity index (χ0) is 17.8. The first-order valence-electron chi connectivity index (χ1n) is 8.15. The Hall–Kier alpha value is -2.18. The van der Waals surface area contributed by atoms with Crippen LogP contribution < -0.4 is 0 Å². The Labute approximate surface area is 155 Å². The first-order chi connectivity index (χ1) is 12.1. The molecule has 3 aromatic heterocycles. The molecule has 3 rings (SSSR count). The summed E-state index contributed by atoms with van der Waals surface area (Å²) in [7, 11) is 0. The summed E-state index contributed by atoms with van der Waals surface area (Å²) < 4.78 is 2.47. The molecule has 5 nitrogen and oxygen atoms in total. The van der Waals surface area contributed by atoms with Gasteiger partial charge in [-0.1, -0.05) is 24.6 Å². The normalized spacial score (nSPS) is 10.8. The molecule has 0 spiro atoms. The molecule has 0 aliphatic rings. The van der Waals surface area contributed by atoms with E-state index in [0.29, 0.717) is 30.9 Å². The molecule has 0 saturated heterocycles. The largest absolute Gasteiger partial charge is 0.334 e. The second-order valence-corrected chi connectivity index (χ2v) is 7.28. The number of halogens is 1. The van der Waals surface area contributed by atoms with Crippen molar-refractivity contribution in [2.24, 2.45) is 0 Å². The summed E-state index contributed by atoms with van der Waals surface area (Å²) in [5, 5.41) is 4.39. The molecule has 1 amide bonds. The van der Waals surface area contributed by atoms with E-state index in [2.05, 4.69) is 10.1 Å². The van der Waals surface area contributed by atoms with Gasteiger partial charge in [0.05, 0.1) is 28.3 Å². The topological polar surface area (TPSA) is 51.0 Å². The molecule has 3 aromatic rings. The molecular weight excluding hydrogens is 356 g/mol. The standard InChI is InChI=1S/C18H19ClN4OS/c1-3-15-14(11-21-23(15)17-7-5-6-10-20-17)18(24)22(4-2)12-13-8-9-16(19)25-13/h5-11H,3-4,12H2,1-2H3. The van der Waals surface area contributed by atoms with E-state index in [1.54, 1.807) is 22.0 Å². The predicted octanol–water partition coefficient (Wildman–Crippen LogP) is 4.21. The van der Waals surface area contributed by atoms with Gasteiger partial charge in [-0.3, -0.25) is 4.79 Å². The second-order valence-electron chi connectivity index (χ2n) is 5.48. The maximum atomic E-state index is 13.0. The van der Waals surface area contributed by atoms with Crippen molar-refractivity contribution in [3.63, 3.8) is 0 Å². The maximum Gasteiger partial charge on any atom is 0.257 e. The predicted molar refractivity (Wildman–Crippen MR) is 100 cm³/mol. The third-order valence-electron chi connectivity index (χ3n) is 3.94. The van der Waals surface area contributed by atoms with Gasteiger partial charge in [0.2, 0.25) is 0 Å². The Morgan fingerprint density at radius 3 is 2.72 bits per heavy atom. The van der Waals surface area contributed by atoms with Crippen molar-refractivity contribution >= 4 is 28.8 Å². The fourth-order valence-corrected chi connectivity index (χ4v) is 3.79. The third kappa shape index (κ3) is 3.75. The Kier molecular flexibility index (Phi) is 5.50. The molecule has 130 valence electrons. The third-order valence-corrected chi connectivity index (χ3v) is 5.16. The first kappa shape index (κ1) is 17.6. The maximum absolute atomic E-state index is 13.0. The number of aromatic nitrogens is 3. The second kappa shape index (κ2) is 7.80. The van der Waals surface area contributed by atoms with Gasteiger partial charge in [-0.05, 0) is 37.6 Å². The summed E-state index contributed by atoms with van der Waals surface area (Å²) in [6.07, 6.45) is 4.05. The van der Waals surface area contributed by atoms with Gasteiger partial charge in [0.1, 0.15) is 0 Å². The van der Waals surface area contributed by atoms with Crippen LogP contribution in [0.1, 0.15) is 34.8 Å². The van der Waals surface area contributed by atoms with Crippen LogP contribution in [-0.2, 0) is 13.0 Å². The van der Waals surface area contributed by atoms with Gasteiger partial charge < -0.3 is 4.90 Å². The summed E-state index contributed by atoms with van der Waals surface area (Å²) in [4.78, 5) is 20.2. The van der Waals surface area contributed by atoms with Crippen molar-refractivity contribution in [2.45, 2.75) is 26.8 Å². The van der Waals surface area contributed by atoms with Crippen molar-refractivity contribution in [3.05, 3.63) is 63.2 Å². The molecule has 0 aliphatic carbocycles. The highest BCUT2D eigenvalue weighted by Gasteiger charge is 2.22. The van der Waals surface area contributed by atoms with Gasteiger partial charge in [-0.25, -0.2) is 9.67 Å². The first-order valence-corrected chi connectivity index (χ1v) is 9.35. The van der Waals surface area contributed by atoms with Gasteiger partial charge in [0.25, 0.3) is 5.91 Å². The minimum atomic E-state index is -0.0222. The Balaban J connectivity index is 1.89. The quantitative estimate of drug-likeness (QED) is 0.649. The lowest BCUT2D eigenvalue weighted by atomic mass is 10.1. The van der Waals surface area contributed by atoms with Crippen LogP contribution >= 0.6 is 22.9 Å². The summed E-state index contributed by atoms with van der Waals surface area (Å²) in [5.41, 5.74) is 1.49. The SMILES string of the molecule is CCc1c(C(=O)N(CC)Cc2ccc(Cl)s2)cnn1-c1ccccn1. The van der Waals surface area contributed by atoms with E-state index in [1.807, 2.05) is 44.2 Å². The zero-order valence-electron chi connectivity index (χ0n) is 14.1. The lowest BCUT2D eigenvalue weighted by Gasteiger charge is -2.20. The Bertz CT molecular complexity index is 859. The van der Waals surface area contributed by atoms with Gasteiger partial charge in [-0.15, -0.1) is 11.3 Å². The Morgan fingerprint density at radius 2 is 2.12 bits per heavy atom. The van der Waals surface area contributed by atoms with E-state index in [9.17, 15) is 4.79 Å². The lowest BCUT2D eigenvalue weighted by Crippen LogP contribution is -2.30. The molecule has 0 unspecified atom stereocenters. The molecule has 3 heterocycles. The number of hydrogen-bond donors (Lipinski definition) is 0. The number of carbonyl (C=O) groups is 1. The number of amides is 1. The lowest BCUT2D eigenvalue weighted by molar-refractivity contribution is 0.0753. The van der Waals surface area contributed by atoms with E-state index in [0.717, 1.165) is 14.9 Å². The molecule has 0 bridgehead atoms. The molecule has 0 atom stereocenters. The van der Waals surface area contributed by atoms with Gasteiger partial charge in [0, 0.05) is 17.6 Å². The zero-order valence-corrected chi connectivity index (χ0v) is 15.7. The number of nitrogens with zero attached hydrogens (tertiary/aromatic N) is 4. The molecule has 0 saturated carbocycles. The number of pyridine rings is 1. The van der Waals surface area contributed by atoms with E-state index in [4.69, 9.17) is 11.6 Å². The number of carbonyl (C=O) groups excluding carboxylic acids is 1. The number of hydrogen-bond acceptors (Lipinski definition) is 4.